The Bertz CT molecular complexity index is 327. The largest absolute Gasteiger partial charge is 0.382 e. The summed E-state index contributed by atoms with van der Waals surface area (Å²) in [7, 11) is -2.04. The number of rotatable bonds is 7. The summed E-state index contributed by atoms with van der Waals surface area (Å²) in [6.07, 6.45) is 1.30. The van der Waals surface area contributed by atoms with Crippen LogP contribution in [0.25, 0.3) is 0 Å². The lowest BCUT2D eigenvalue weighted by molar-refractivity contribution is -0.145. The highest BCUT2D eigenvalue weighted by Gasteiger charge is 2.33. The maximum absolute atomic E-state index is 11.6. The molecule has 96 valence electrons. The molecule has 0 aromatic rings. The Morgan fingerprint density at radius 1 is 1.38 bits per heavy atom. The van der Waals surface area contributed by atoms with Crippen molar-refractivity contribution in [3.8, 4) is 0 Å². The quantitative estimate of drug-likeness (QED) is 0.640. The minimum absolute atomic E-state index is 0.234. The van der Waals surface area contributed by atoms with Crippen LogP contribution < -0.4 is 4.72 Å². The third-order valence-corrected chi connectivity index (χ3v) is 2.70. The lowest BCUT2D eigenvalue weighted by Gasteiger charge is -2.26. The molecular weight excluding hydrogens is 234 g/mol. The van der Waals surface area contributed by atoms with Gasteiger partial charge in [0.1, 0.15) is 5.60 Å². The molecule has 0 fully saturated rings. The van der Waals surface area contributed by atoms with E-state index < -0.39 is 21.5 Å². The van der Waals surface area contributed by atoms with Crippen LogP contribution in [0.1, 0.15) is 20.3 Å². The summed E-state index contributed by atoms with van der Waals surface area (Å²) >= 11 is 0. The first-order chi connectivity index (χ1) is 7.25. The van der Waals surface area contributed by atoms with Gasteiger partial charge in [-0.1, -0.05) is 6.92 Å². The summed E-state index contributed by atoms with van der Waals surface area (Å²) < 4.78 is 33.9. The Morgan fingerprint density at radius 2 is 1.94 bits per heavy atom. The van der Waals surface area contributed by atoms with Crippen molar-refractivity contribution in [2.24, 2.45) is 0 Å². The fourth-order valence-corrected chi connectivity index (χ4v) is 1.51. The van der Waals surface area contributed by atoms with Gasteiger partial charge in [0.05, 0.1) is 19.5 Å². The predicted molar refractivity (Wildman–Crippen MR) is 59.5 cm³/mol. The molecule has 0 saturated carbocycles. The van der Waals surface area contributed by atoms with Crippen molar-refractivity contribution in [2.75, 3.05) is 26.6 Å². The van der Waals surface area contributed by atoms with Crippen LogP contribution in [-0.4, -0.2) is 46.5 Å². The van der Waals surface area contributed by atoms with E-state index in [0.29, 0.717) is 13.0 Å². The van der Waals surface area contributed by atoms with Crippen LogP contribution in [0.5, 0.6) is 0 Å². The van der Waals surface area contributed by atoms with Crippen LogP contribution in [0.3, 0.4) is 0 Å². The zero-order chi connectivity index (χ0) is 12.8. The number of sulfonamides is 1. The maximum atomic E-state index is 11.6. The first-order valence-electron chi connectivity index (χ1n) is 4.90. The smallest absolute Gasteiger partial charge is 0.265 e. The second-order valence-corrected chi connectivity index (χ2v) is 5.38. The molecule has 0 bridgehead atoms. The average Bonchev–Trinajstić information content (AvgIpc) is 2.15. The zero-order valence-corrected chi connectivity index (χ0v) is 10.9. The molecule has 0 aromatic carbocycles. The van der Waals surface area contributed by atoms with Gasteiger partial charge in [-0.2, -0.15) is 0 Å². The Hall–Kier alpha value is -0.660. The fraction of sp³-hybridized carbons (Fsp3) is 0.889. The van der Waals surface area contributed by atoms with Crippen LogP contribution in [0.2, 0.25) is 0 Å². The van der Waals surface area contributed by atoms with Gasteiger partial charge in [0.2, 0.25) is 10.0 Å². The second kappa shape index (κ2) is 6.17. The summed E-state index contributed by atoms with van der Waals surface area (Å²) in [5.74, 6) is -0.659. The molecule has 7 heteroatoms. The first kappa shape index (κ1) is 15.3. The number of hydrogen-bond acceptors (Lipinski definition) is 5. The van der Waals surface area contributed by atoms with E-state index in [2.05, 4.69) is 0 Å². The Kier molecular flexibility index (Phi) is 5.91. The van der Waals surface area contributed by atoms with E-state index in [-0.39, 0.29) is 6.61 Å². The standard InChI is InChI=1S/C9H19NO5S/c1-5-9(2,15-7-6-14-3)8(11)10-16(4,12)13/h5-7H2,1-4H3,(H,10,11). The molecule has 0 radical (unpaired) electrons. The molecule has 0 saturated heterocycles. The highest BCUT2D eigenvalue weighted by molar-refractivity contribution is 7.89. The molecule has 1 unspecified atom stereocenters. The normalized spacial score (nSPS) is 15.5. The molecule has 0 heterocycles. The van der Waals surface area contributed by atoms with Gasteiger partial charge in [-0.3, -0.25) is 9.52 Å². The van der Waals surface area contributed by atoms with Crippen LogP contribution in [0.15, 0.2) is 0 Å². The molecule has 1 amide bonds. The van der Waals surface area contributed by atoms with Crippen molar-refractivity contribution in [1.29, 1.82) is 0 Å². The molecule has 6 nitrogen and oxygen atoms in total. The number of hydrogen-bond donors (Lipinski definition) is 1. The SMILES string of the molecule is CCC(C)(OCCOC)C(=O)NS(C)(=O)=O. The monoisotopic (exact) mass is 253 g/mol. The van der Waals surface area contributed by atoms with Crippen molar-refractivity contribution in [3.63, 3.8) is 0 Å². The van der Waals surface area contributed by atoms with Gasteiger partial charge in [0, 0.05) is 7.11 Å². The van der Waals surface area contributed by atoms with E-state index >= 15 is 0 Å². The maximum Gasteiger partial charge on any atom is 0.265 e. The molecule has 1 N–H and O–H groups in total. The van der Waals surface area contributed by atoms with Crippen molar-refractivity contribution in [2.45, 2.75) is 25.9 Å². The topological polar surface area (TPSA) is 81.7 Å². The highest BCUT2D eigenvalue weighted by Crippen LogP contribution is 2.15. The Balaban J connectivity index is 4.50. The third-order valence-electron chi connectivity index (χ3n) is 2.14. The van der Waals surface area contributed by atoms with Gasteiger partial charge in [0.15, 0.2) is 0 Å². The molecule has 0 rings (SSSR count). The highest BCUT2D eigenvalue weighted by atomic mass is 32.2. The van der Waals surface area contributed by atoms with E-state index in [4.69, 9.17) is 9.47 Å². The van der Waals surface area contributed by atoms with E-state index in [9.17, 15) is 13.2 Å². The fourth-order valence-electron chi connectivity index (χ4n) is 0.955. The van der Waals surface area contributed by atoms with Crippen LogP contribution in [0.4, 0.5) is 0 Å². The molecule has 0 aliphatic carbocycles. The second-order valence-electron chi connectivity index (χ2n) is 3.63. The van der Waals surface area contributed by atoms with E-state index in [0.717, 1.165) is 6.26 Å². The van der Waals surface area contributed by atoms with Crippen LogP contribution in [0, 0.1) is 0 Å². The molecule has 0 aliphatic rings. The Morgan fingerprint density at radius 3 is 2.31 bits per heavy atom. The summed E-state index contributed by atoms with van der Waals surface area (Å²) in [6.45, 7) is 3.87. The van der Waals surface area contributed by atoms with Crippen LogP contribution >= 0.6 is 0 Å². The molecule has 0 spiro atoms. The minimum Gasteiger partial charge on any atom is -0.382 e. The molecular formula is C9H19NO5S. The van der Waals surface area contributed by atoms with Gasteiger partial charge < -0.3 is 9.47 Å². The number of carbonyl (C=O) groups is 1. The lowest BCUT2D eigenvalue weighted by Crippen LogP contribution is -2.48. The summed E-state index contributed by atoms with van der Waals surface area (Å²) in [6, 6.07) is 0. The minimum atomic E-state index is -3.56. The van der Waals surface area contributed by atoms with E-state index in [1.54, 1.807) is 13.8 Å². The summed E-state index contributed by atoms with van der Waals surface area (Å²) in [5, 5.41) is 0. The number of ether oxygens (including phenoxy) is 2. The number of methoxy groups -OCH3 is 1. The molecule has 0 aromatic heterocycles. The van der Waals surface area contributed by atoms with Gasteiger partial charge in [-0.25, -0.2) is 8.42 Å². The number of amides is 1. The molecule has 1 atom stereocenters. The van der Waals surface area contributed by atoms with Crippen LogP contribution in [-0.2, 0) is 24.3 Å². The van der Waals surface area contributed by atoms with Gasteiger partial charge in [0.25, 0.3) is 5.91 Å². The van der Waals surface area contributed by atoms with E-state index in [1.807, 2.05) is 4.72 Å². The first-order valence-corrected chi connectivity index (χ1v) is 6.79. The van der Waals surface area contributed by atoms with Gasteiger partial charge in [-0.15, -0.1) is 0 Å². The lowest BCUT2D eigenvalue weighted by atomic mass is 10.0. The summed E-state index contributed by atoms with van der Waals surface area (Å²) in [5.41, 5.74) is -1.15. The molecule has 0 aliphatic heterocycles. The van der Waals surface area contributed by atoms with Crippen molar-refractivity contribution < 1.29 is 22.7 Å². The van der Waals surface area contributed by atoms with Crippen molar-refractivity contribution in [1.82, 2.24) is 4.72 Å². The average molecular weight is 253 g/mol. The van der Waals surface area contributed by atoms with Crippen molar-refractivity contribution in [3.05, 3.63) is 0 Å². The van der Waals surface area contributed by atoms with Gasteiger partial charge in [-0.05, 0) is 13.3 Å². The summed E-state index contributed by atoms with van der Waals surface area (Å²) in [4.78, 5) is 11.6. The number of carbonyl (C=O) groups excluding carboxylic acids is 1. The predicted octanol–water partition coefficient (Wildman–Crippen LogP) is -0.106. The zero-order valence-electron chi connectivity index (χ0n) is 10.1. The van der Waals surface area contributed by atoms with E-state index in [1.165, 1.54) is 7.11 Å². The molecule has 16 heavy (non-hydrogen) atoms. The third kappa shape index (κ3) is 5.43. The van der Waals surface area contributed by atoms with Crippen molar-refractivity contribution >= 4 is 15.9 Å². The van der Waals surface area contributed by atoms with Gasteiger partial charge >= 0.3 is 0 Å². The Labute approximate surface area is 96.4 Å². The number of nitrogens with one attached hydrogen (secondary N) is 1.